The van der Waals surface area contributed by atoms with Crippen molar-refractivity contribution in [3.8, 4) is 5.75 Å². The summed E-state index contributed by atoms with van der Waals surface area (Å²) in [5.74, 6) is -2.00. The summed E-state index contributed by atoms with van der Waals surface area (Å²) in [6.07, 6.45) is -0.403. The summed E-state index contributed by atoms with van der Waals surface area (Å²) in [5.41, 5.74) is 0.940. The van der Waals surface area contributed by atoms with Crippen LogP contribution in [0.5, 0.6) is 5.75 Å². The molecule has 0 saturated heterocycles. The lowest BCUT2D eigenvalue weighted by Gasteiger charge is -2.47. The molecule has 2 aliphatic carbocycles. The highest BCUT2D eigenvalue weighted by atomic mass is 35.5. The molecule has 0 radical (unpaired) electrons. The van der Waals surface area contributed by atoms with E-state index in [1.165, 1.54) is 0 Å². The fourth-order valence-electron chi connectivity index (χ4n) is 7.09. The Morgan fingerprint density at radius 1 is 0.825 bits per heavy atom. The molecule has 5 rings (SSSR count). The van der Waals surface area contributed by atoms with Gasteiger partial charge >= 0.3 is 0 Å². The second-order valence-corrected chi connectivity index (χ2v) is 13.8. The van der Waals surface area contributed by atoms with Gasteiger partial charge in [0.1, 0.15) is 23.9 Å². The van der Waals surface area contributed by atoms with E-state index in [1.54, 1.807) is 0 Å². The number of aliphatic hydroxyl groups is 2. The molecule has 40 heavy (non-hydrogen) atoms. The van der Waals surface area contributed by atoms with Crippen LogP contribution in [0.15, 0.2) is 60.7 Å². The molecule has 0 aliphatic heterocycles. The Kier molecular flexibility index (Phi) is 7.86. The van der Waals surface area contributed by atoms with Crippen LogP contribution < -0.4 is 4.74 Å². The normalized spacial score (nSPS) is 27.0. The van der Waals surface area contributed by atoms with Gasteiger partial charge in [-0.05, 0) is 58.2 Å². The lowest BCUT2D eigenvalue weighted by atomic mass is 9.58. The van der Waals surface area contributed by atoms with E-state index < -0.39 is 30.0 Å². The quantitative estimate of drug-likeness (QED) is 0.342. The van der Waals surface area contributed by atoms with Crippen molar-refractivity contribution in [2.45, 2.75) is 78.1 Å². The van der Waals surface area contributed by atoms with Crippen molar-refractivity contribution in [1.29, 1.82) is 0 Å². The Hall–Kier alpha value is -2.73. The Balaban J connectivity index is 1.68. The first-order valence-electron chi connectivity index (χ1n) is 14.2. The van der Waals surface area contributed by atoms with Gasteiger partial charge in [-0.25, -0.2) is 0 Å². The maximum absolute atomic E-state index is 13.9. The SMILES string of the molecule is CC1(C)CC(=O)[C@H](C(c2c(OCc3ccc(Cl)cc3)ccc3ccccc23)[C@@H]2C(=O)CC(C)(C)C[C@H]2O)[C@H](O)C1. The van der Waals surface area contributed by atoms with Gasteiger partial charge < -0.3 is 14.9 Å². The number of hydrogen-bond acceptors (Lipinski definition) is 5. The number of carbonyl (C=O) groups is 2. The molecule has 6 heteroatoms. The number of ether oxygens (including phenoxy) is 1. The second-order valence-electron chi connectivity index (χ2n) is 13.3. The standard InChI is InChI=1S/C34H39ClO5/c1-33(2)15-24(36)30(25(37)16-33)32(31-26(38)17-34(3,4)18-27(31)39)29-23-8-6-5-7-21(23)11-14-28(29)40-19-20-9-12-22(35)13-10-20/h5-14,24,26,30-32,36,38H,15-19H2,1-4H3/t24-,26-,30-,31+,32?/m1/s1. The molecular formula is C34H39ClO5. The predicted octanol–water partition coefficient (Wildman–Crippen LogP) is 6.89. The van der Waals surface area contributed by atoms with E-state index in [2.05, 4.69) is 0 Å². The highest BCUT2D eigenvalue weighted by Crippen LogP contribution is 2.52. The summed E-state index contributed by atoms with van der Waals surface area (Å²) in [7, 11) is 0. The van der Waals surface area contributed by atoms with Crippen molar-refractivity contribution >= 4 is 33.9 Å². The van der Waals surface area contributed by atoms with E-state index in [9.17, 15) is 19.8 Å². The van der Waals surface area contributed by atoms with Gasteiger partial charge in [0.2, 0.25) is 0 Å². The number of fused-ring (bicyclic) bond motifs is 1. The van der Waals surface area contributed by atoms with Gasteiger partial charge in [0.05, 0.1) is 24.0 Å². The van der Waals surface area contributed by atoms with Gasteiger partial charge in [0.25, 0.3) is 0 Å². The molecule has 0 heterocycles. The lowest BCUT2D eigenvalue weighted by molar-refractivity contribution is -0.144. The molecule has 2 aliphatic rings. The maximum atomic E-state index is 13.9. The van der Waals surface area contributed by atoms with Crippen molar-refractivity contribution in [3.63, 3.8) is 0 Å². The summed E-state index contributed by atoms with van der Waals surface area (Å²) in [4.78, 5) is 27.7. The van der Waals surface area contributed by atoms with E-state index in [0.717, 1.165) is 16.3 Å². The number of hydrogen-bond donors (Lipinski definition) is 2. The molecular weight excluding hydrogens is 524 g/mol. The summed E-state index contributed by atoms with van der Waals surface area (Å²) in [6.45, 7) is 8.21. The fraction of sp³-hybridized carbons (Fsp3) is 0.471. The average Bonchev–Trinajstić information content (AvgIpc) is 2.85. The highest BCUT2D eigenvalue weighted by Gasteiger charge is 2.53. The monoisotopic (exact) mass is 562 g/mol. The minimum Gasteiger partial charge on any atom is -0.489 e. The van der Waals surface area contributed by atoms with E-state index in [0.29, 0.717) is 42.0 Å². The molecule has 1 unspecified atom stereocenters. The van der Waals surface area contributed by atoms with Crippen LogP contribution >= 0.6 is 11.6 Å². The molecule has 5 atom stereocenters. The lowest BCUT2D eigenvalue weighted by Crippen LogP contribution is -2.51. The Bertz CT molecular complexity index is 1370. The summed E-state index contributed by atoms with van der Waals surface area (Å²) in [6, 6.07) is 19.1. The summed E-state index contributed by atoms with van der Waals surface area (Å²) < 4.78 is 6.43. The molecule has 0 spiro atoms. The largest absolute Gasteiger partial charge is 0.489 e. The van der Waals surface area contributed by atoms with E-state index in [-0.39, 0.29) is 29.0 Å². The summed E-state index contributed by atoms with van der Waals surface area (Å²) >= 11 is 6.08. The molecule has 5 nitrogen and oxygen atoms in total. The first-order valence-corrected chi connectivity index (χ1v) is 14.5. The van der Waals surface area contributed by atoms with Gasteiger partial charge in [-0.1, -0.05) is 81.8 Å². The van der Waals surface area contributed by atoms with Crippen molar-refractivity contribution < 1.29 is 24.5 Å². The van der Waals surface area contributed by atoms with Crippen LogP contribution in [0.25, 0.3) is 10.8 Å². The van der Waals surface area contributed by atoms with Crippen molar-refractivity contribution in [2.75, 3.05) is 0 Å². The van der Waals surface area contributed by atoms with E-state index in [4.69, 9.17) is 16.3 Å². The predicted molar refractivity (Wildman–Crippen MR) is 158 cm³/mol. The number of carbonyl (C=O) groups excluding carboxylic acids is 2. The molecule has 2 saturated carbocycles. The number of aliphatic hydroxyl groups excluding tert-OH is 2. The van der Waals surface area contributed by atoms with Crippen LogP contribution in [0.4, 0.5) is 0 Å². The van der Waals surface area contributed by atoms with E-state index >= 15 is 0 Å². The first kappa shape index (κ1) is 28.8. The zero-order valence-electron chi connectivity index (χ0n) is 23.7. The average molecular weight is 563 g/mol. The fourth-order valence-corrected chi connectivity index (χ4v) is 7.21. The number of halogens is 1. The smallest absolute Gasteiger partial charge is 0.139 e. The number of Topliss-reactive ketones (excluding diaryl/α,β-unsaturated/α-hetero) is 2. The van der Waals surface area contributed by atoms with Gasteiger partial charge in [0, 0.05) is 29.3 Å². The topological polar surface area (TPSA) is 83.8 Å². The van der Waals surface area contributed by atoms with Crippen LogP contribution in [0.1, 0.15) is 70.4 Å². The first-order chi connectivity index (χ1) is 18.8. The van der Waals surface area contributed by atoms with Crippen molar-refractivity contribution in [2.24, 2.45) is 22.7 Å². The third kappa shape index (κ3) is 5.83. The van der Waals surface area contributed by atoms with Crippen LogP contribution in [0, 0.1) is 22.7 Å². The second kappa shape index (κ2) is 10.9. The van der Waals surface area contributed by atoms with Gasteiger partial charge in [-0.15, -0.1) is 0 Å². The molecule has 3 aromatic rings. The Labute approximate surface area is 241 Å². The van der Waals surface area contributed by atoms with Gasteiger partial charge in [-0.2, -0.15) is 0 Å². The van der Waals surface area contributed by atoms with Crippen molar-refractivity contribution in [1.82, 2.24) is 0 Å². The van der Waals surface area contributed by atoms with Crippen LogP contribution in [0.2, 0.25) is 5.02 Å². The molecule has 0 amide bonds. The number of rotatable bonds is 6. The number of ketones is 2. The van der Waals surface area contributed by atoms with Crippen LogP contribution in [-0.2, 0) is 16.2 Å². The zero-order valence-corrected chi connectivity index (χ0v) is 24.4. The third-order valence-corrected chi connectivity index (χ3v) is 9.00. The zero-order chi connectivity index (χ0) is 28.8. The number of benzene rings is 3. The minimum atomic E-state index is -0.945. The maximum Gasteiger partial charge on any atom is 0.139 e. The van der Waals surface area contributed by atoms with Gasteiger partial charge in [0.15, 0.2) is 0 Å². The molecule has 0 bridgehead atoms. The van der Waals surface area contributed by atoms with Gasteiger partial charge in [-0.3, -0.25) is 9.59 Å². The van der Waals surface area contributed by atoms with E-state index in [1.807, 2.05) is 88.4 Å². The van der Waals surface area contributed by atoms with Crippen molar-refractivity contribution in [3.05, 3.63) is 76.8 Å². The van der Waals surface area contributed by atoms with Crippen LogP contribution in [-0.4, -0.2) is 34.0 Å². The molecule has 2 fully saturated rings. The molecule has 3 aromatic carbocycles. The molecule has 2 N–H and O–H groups in total. The Morgan fingerprint density at radius 2 is 1.38 bits per heavy atom. The Morgan fingerprint density at radius 3 is 1.93 bits per heavy atom. The summed E-state index contributed by atoms with van der Waals surface area (Å²) in [5, 5.41) is 25.5. The molecule has 0 aromatic heterocycles. The van der Waals surface area contributed by atoms with Crippen LogP contribution in [0.3, 0.4) is 0 Å². The minimum absolute atomic E-state index is 0.0739. The highest BCUT2D eigenvalue weighted by molar-refractivity contribution is 6.30. The third-order valence-electron chi connectivity index (χ3n) is 8.75. The molecule has 212 valence electrons.